The quantitative estimate of drug-likeness (QED) is 0.862. The lowest BCUT2D eigenvalue weighted by Gasteiger charge is -2.11. The molecule has 0 aliphatic heterocycles. The zero-order valence-corrected chi connectivity index (χ0v) is 11.1. The standard InChI is InChI=1S/C16H19NO2/c1-18-14-8-10-15(11-9-14)19-16-7-3-2-5-13(16)6-4-12-17/h2-3,5,7-11H,4,6,12,17H2,1H3. The van der Waals surface area contributed by atoms with Crippen LogP contribution in [0.1, 0.15) is 12.0 Å². The minimum Gasteiger partial charge on any atom is -0.497 e. The van der Waals surface area contributed by atoms with Crippen LogP contribution in [0.4, 0.5) is 0 Å². The van der Waals surface area contributed by atoms with Crippen molar-refractivity contribution in [3.8, 4) is 17.2 Å². The molecule has 0 aliphatic carbocycles. The normalized spacial score (nSPS) is 10.2. The van der Waals surface area contributed by atoms with Crippen LogP contribution in [0, 0.1) is 0 Å². The van der Waals surface area contributed by atoms with Crippen molar-refractivity contribution in [1.82, 2.24) is 0 Å². The summed E-state index contributed by atoms with van der Waals surface area (Å²) in [5, 5.41) is 0. The van der Waals surface area contributed by atoms with Gasteiger partial charge >= 0.3 is 0 Å². The van der Waals surface area contributed by atoms with Crippen molar-refractivity contribution >= 4 is 0 Å². The third-order valence-electron chi connectivity index (χ3n) is 2.91. The fourth-order valence-electron chi connectivity index (χ4n) is 1.87. The lowest BCUT2D eigenvalue weighted by atomic mass is 10.1. The van der Waals surface area contributed by atoms with Crippen LogP contribution in [-0.2, 0) is 6.42 Å². The molecule has 0 fully saturated rings. The summed E-state index contributed by atoms with van der Waals surface area (Å²) in [6.45, 7) is 0.691. The molecule has 0 saturated carbocycles. The first-order valence-corrected chi connectivity index (χ1v) is 6.43. The SMILES string of the molecule is COc1ccc(Oc2ccccc2CCCN)cc1. The summed E-state index contributed by atoms with van der Waals surface area (Å²) in [5.41, 5.74) is 6.74. The van der Waals surface area contributed by atoms with Crippen LogP contribution in [0.2, 0.25) is 0 Å². The number of methoxy groups -OCH3 is 1. The molecule has 0 aliphatic rings. The molecule has 0 radical (unpaired) electrons. The second-order valence-corrected chi connectivity index (χ2v) is 4.28. The zero-order chi connectivity index (χ0) is 13.5. The van der Waals surface area contributed by atoms with Crippen LogP contribution in [-0.4, -0.2) is 13.7 Å². The Kier molecular flexibility index (Phi) is 4.81. The molecule has 19 heavy (non-hydrogen) atoms. The van der Waals surface area contributed by atoms with E-state index in [0.717, 1.165) is 30.1 Å². The Bertz CT molecular complexity index is 508. The Morgan fingerprint density at radius 3 is 2.32 bits per heavy atom. The minimum atomic E-state index is 0.691. The van der Waals surface area contributed by atoms with Gasteiger partial charge in [-0.3, -0.25) is 0 Å². The maximum atomic E-state index is 5.91. The number of hydrogen-bond donors (Lipinski definition) is 1. The van der Waals surface area contributed by atoms with Crippen LogP contribution in [0.15, 0.2) is 48.5 Å². The Hall–Kier alpha value is -2.00. The first-order chi connectivity index (χ1) is 9.33. The minimum absolute atomic E-state index is 0.691. The number of aryl methyl sites for hydroxylation is 1. The molecule has 0 unspecified atom stereocenters. The van der Waals surface area contributed by atoms with E-state index in [1.165, 1.54) is 5.56 Å². The molecule has 0 saturated heterocycles. The first-order valence-electron chi connectivity index (χ1n) is 6.43. The third kappa shape index (κ3) is 3.73. The Balaban J connectivity index is 2.12. The third-order valence-corrected chi connectivity index (χ3v) is 2.91. The van der Waals surface area contributed by atoms with Crippen LogP contribution in [0.3, 0.4) is 0 Å². The zero-order valence-electron chi connectivity index (χ0n) is 11.1. The number of rotatable bonds is 6. The molecule has 2 N–H and O–H groups in total. The summed E-state index contributed by atoms with van der Waals surface area (Å²) in [6, 6.07) is 15.6. The lowest BCUT2D eigenvalue weighted by molar-refractivity contribution is 0.412. The first kappa shape index (κ1) is 13.4. The highest BCUT2D eigenvalue weighted by Crippen LogP contribution is 2.27. The van der Waals surface area contributed by atoms with E-state index >= 15 is 0 Å². The summed E-state index contributed by atoms with van der Waals surface area (Å²) in [7, 11) is 1.65. The van der Waals surface area contributed by atoms with Crippen LogP contribution >= 0.6 is 0 Å². The molecule has 0 bridgehead atoms. The monoisotopic (exact) mass is 257 g/mol. The average molecular weight is 257 g/mol. The van der Waals surface area contributed by atoms with E-state index in [1.54, 1.807) is 7.11 Å². The van der Waals surface area contributed by atoms with E-state index in [0.29, 0.717) is 6.54 Å². The van der Waals surface area contributed by atoms with Crippen molar-refractivity contribution in [1.29, 1.82) is 0 Å². The summed E-state index contributed by atoms with van der Waals surface area (Å²) < 4.78 is 11.0. The average Bonchev–Trinajstić information content (AvgIpc) is 2.47. The van der Waals surface area contributed by atoms with Crippen molar-refractivity contribution < 1.29 is 9.47 Å². The van der Waals surface area contributed by atoms with Crippen molar-refractivity contribution in [3.05, 3.63) is 54.1 Å². The summed E-state index contributed by atoms with van der Waals surface area (Å²) in [5.74, 6) is 2.52. The van der Waals surface area contributed by atoms with E-state index < -0.39 is 0 Å². The number of nitrogens with two attached hydrogens (primary N) is 1. The molecule has 0 aromatic heterocycles. The number of hydrogen-bond acceptors (Lipinski definition) is 3. The van der Waals surface area contributed by atoms with Gasteiger partial charge in [-0.1, -0.05) is 18.2 Å². The molecular weight excluding hydrogens is 238 g/mol. The molecular formula is C16H19NO2. The summed E-state index contributed by atoms with van der Waals surface area (Å²) in [6.07, 6.45) is 1.89. The second-order valence-electron chi connectivity index (χ2n) is 4.28. The maximum Gasteiger partial charge on any atom is 0.130 e. The fourth-order valence-corrected chi connectivity index (χ4v) is 1.87. The second kappa shape index (κ2) is 6.81. The summed E-state index contributed by atoms with van der Waals surface area (Å²) >= 11 is 0. The molecule has 2 rings (SSSR count). The molecule has 3 heteroatoms. The van der Waals surface area contributed by atoms with Gasteiger partial charge in [0.1, 0.15) is 17.2 Å². The van der Waals surface area contributed by atoms with Gasteiger partial charge in [-0.2, -0.15) is 0 Å². The molecule has 0 spiro atoms. The highest BCUT2D eigenvalue weighted by atomic mass is 16.5. The highest BCUT2D eigenvalue weighted by Gasteiger charge is 2.04. The van der Waals surface area contributed by atoms with Crippen molar-refractivity contribution in [2.75, 3.05) is 13.7 Å². The van der Waals surface area contributed by atoms with E-state index in [-0.39, 0.29) is 0 Å². The molecule has 3 nitrogen and oxygen atoms in total. The molecule has 100 valence electrons. The molecule has 2 aromatic rings. The van der Waals surface area contributed by atoms with E-state index in [4.69, 9.17) is 15.2 Å². The van der Waals surface area contributed by atoms with Gasteiger partial charge in [-0.15, -0.1) is 0 Å². The van der Waals surface area contributed by atoms with E-state index in [1.807, 2.05) is 42.5 Å². The summed E-state index contributed by atoms with van der Waals surface area (Å²) in [4.78, 5) is 0. The Labute approximate surface area is 114 Å². The van der Waals surface area contributed by atoms with Crippen LogP contribution < -0.4 is 15.2 Å². The topological polar surface area (TPSA) is 44.5 Å². The van der Waals surface area contributed by atoms with Crippen molar-refractivity contribution in [2.24, 2.45) is 5.73 Å². The van der Waals surface area contributed by atoms with Gasteiger partial charge in [0, 0.05) is 0 Å². The largest absolute Gasteiger partial charge is 0.497 e. The van der Waals surface area contributed by atoms with Gasteiger partial charge in [0.05, 0.1) is 7.11 Å². The van der Waals surface area contributed by atoms with Crippen molar-refractivity contribution in [2.45, 2.75) is 12.8 Å². The van der Waals surface area contributed by atoms with Crippen LogP contribution in [0.25, 0.3) is 0 Å². The Morgan fingerprint density at radius 2 is 1.63 bits per heavy atom. The van der Waals surface area contributed by atoms with E-state index in [9.17, 15) is 0 Å². The molecule has 0 heterocycles. The predicted octanol–water partition coefficient (Wildman–Crippen LogP) is 3.38. The predicted molar refractivity (Wildman–Crippen MR) is 76.9 cm³/mol. The number of para-hydroxylation sites is 1. The number of ether oxygens (including phenoxy) is 2. The highest BCUT2D eigenvalue weighted by molar-refractivity contribution is 5.39. The molecule has 2 aromatic carbocycles. The van der Waals surface area contributed by atoms with Gasteiger partial charge in [-0.05, 0) is 55.3 Å². The van der Waals surface area contributed by atoms with E-state index in [2.05, 4.69) is 6.07 Å². The van der Waals surface area contributed by atoms with Gasteiger partial charge in [-0.25, -0.2) is 0 Å². The van der Waals surface area contributed by atoms with Gasteiger partial charge in [0.25, 0.3) is 0 Å². The molecule has 0 amide bonds. The Morgan fingerprint density at radius 1 is 0.947 bits per heavy atom. The smallest absolute Gasteiger partial charge is 0.130 e. The fraction of sp³-hybridized carbons (Fsp3) is 0.250. The van der Waals surface area contributed by atoms with Gasteiger partial charge < -0.3 is 15.2 Å². The van der Waals surface area contributed by atoms with Crippen molar-refractivity contribution in [3.63, 3.8) is 0 Å². The number of benzene rings is 2. The molecule has 0 atom stereocenters. The lowest BCUT2D eigenvalue weighted by Crippen LogP contribution is -2.01. The maximum absolute atomic E-state index is 5.91. The van der Waals surface area contributed by atoms with Gasteiger partial charge in [0.15, 0.2) is 0 Å². The van der Waals surface area contributed by atoms with Gasteiger partial charge in [0.2, 0.25) is 0 Å². The van der Waals surface area contributed by atoms with Crippen LogP contribution in [0.5, 0.6) is 17.2 Å².